The molecule has 0 fully saturated rings. The van der Waals surface area contributed by atoms with E-state index in [2.05, 4.69) is 10.3 Å². The summed E-state index contributed by atoms with van der Waals surface area (Å²) in [5.74, 6) is -0.0371. The zero-order valence-corrected chi connectivity index (χ0v) is 18.8. The number of aromatic nitrogens is 2. The van der Waals surface area contributed by atoms with E-state index in [1.807, 2.05) is 0 Å². The van der Waals surface area contributed by atoms with Crippen molar-refractivity contribution in [1.82, 2.24) is 9.55 Å². The van der Waals surface area contributed by atoms with Crippen LogP contribution in [0.1, 0.15) is 35.4 Å². The monoisotopic (exact) mass is 497 g/mol. The van der Waals surface area contributed by atoms with Gasteiger partial charge in [-0.3, -0.25) is 9.36 Å². The first-order chi connectivity index (χ1) is 15.7. The summed E-state index contributed by atoms with van der Waals surface area (Å²) in [6.07, 6.45) is 0.305. The highest BCUT2D eigenvalue weighted by Gasteiger charge is 2.31. The second-order valence-electron chi connectivity index (χ2n) is 7.53. The molecule has 2 heterocycles. The number of nitrogens with one attached hydrogen (secondary N) is 1. The summed E-state index contributed by atoms with van der Waals surface area (Å²) in [5, 5.41) is 2.88. The number of thioether (sulfide) groups is 1. The van der Waals surface area contributed by atoms with Crippen molar-refractivity contribution in [2.45, 2.75) is 43.4 Å². The van der Waals surface area contributed by atoms with Crippen molar-refractivity contribution in [3.63, 3.8) is 0 Å². The Kier molecular flexibility index (Phi) is 6.85. The first-order valence-electron chi connectivity index (χ1n) is 10.2. The van der Waals surface area contributed by atoms with Gasteiger partial charge in [-0.1, -0.05) is 23.4 Å². The Bertz CT molecular complexity index is 1230. The molecule has 1 N–H and O–H groups in total. The van der Waals surface area contributed by atoms with Crippen LogP contribution in [-0.2, 0) is 30.4 Å². The van der Waals surface area contributed by atoms with Gasteiger partial charge in [-0.2, -0.15) is 18.2 Å². The van der Waals surface area contributed by atoms with Crippen molar-refractivity contribution in [2.75, 3.05) is 11.1 Å². The number of carbonyl (C=O) groups is 1. The predicted octanol–water partition coefficient (Wildman–Crippen LogP) is 5.17. The molecule has 4 rings (SSSR count). The summed E-state index contributed by atoms with van der Waals surface area (Å²) in [7, 11) is 0. The molecule has 1 aromatic carbocycles. The molecule has 1 amide bonds. The highest BCUT2D eigenvalue weighted by Crippen LogP contribution is 2.34. The number of amides is 1. The second kappa shape index (κ2) is 9.64. The lowest BCUT2D eigenvalue weighted by Crippen LogP contribution is -2.30. The van der Waals surface area contributed by atoms with E-state index in [9.17, 15) is 22.8 Å². The lowest BCUT2D eigenvalue weighted by atomic mass is 9.97. The van der Waals surface area contributed by atoms with Gasteiger partial charge in [-0.15, -0.1) is 0 Å². The summed E-state index contributed by atoms with van der Waals surface area (Å²) < 4.78 is 45.8. The Balaban J connectivity index is 1.51. The Morgan fingerprint density at radius 2 is 2.03 bits per heavy atom. The minimum absolute atomic E-state index is 0.00243. The molecule has 0 spiro atoms. The molecule has 0 unspecified atom stereocenters. The molecule has 0 bridgehead atoms. The summed E-state index contributed by atoms with van der Waals surface area (Å²) in [6.45, 7) is 0.278. The van der Waals surface area contributed by atoms with Gasteiger partial charge < -0.3 is 9.73 Å². The normalized spacial score (nSPS) is 13.6. The van der Waals surface area contributed by atoms with Gasteiger partial charge in [0.05, 0.1) is 34.8 Å². The molecule has 0 saturated carbocycles. The van der Waals surface area contributed by atoms with Gasteiger partial charge in [0.15, 0.2) is 0 Å². The predicted molar refractivity (Wildman–Crippen MR) is 119 cm³/mol. The van der Waals surface area contributed by atoms with Crippen LogP contribution in [0.5, 0.6) is 0 Å². The summed E-state index contributed by atoms with van der Waals surface area (Å²) in [6, 6.07) is 6.26. The fourth-order valence-electron chi connectivity index (χ4n) is 3.71. The molecule has 6 nitrogen and oxygen atoms in total. The number of fused-ring (bicyclic) bond motifs is 1. The van der Waals surface area contributed by atoms with E-state index in [-0.39, 0.29) is 23.0 Å². The number of nitrogens with zero attached hydrogens (tertiary/aromatic N) is 2. The number of hydrogen-bond acceptors (Lipinski definition) is 5. The van der Waals surface area contributed by atoms with Gasteiger partial charge in [0.25, 0.3) is 0 Å². The number of anilines is 1. The molecule has 1 aliphatic rings. The molecular weight excluding hydrogens is 479 g/mol. The molecule has 1 aliphatic carbocycles. The lowest BCUT2D eigenvalue weighted by molar-refractivity contribution is -0.137. The molecule has 33 heavy (non-hydrogen) atoms. The van der Waals surface area contributed by atoms with E-state index in [0.717, 1.165) is 60.5 Å². The third-order valence-corrected chi connectivity index (χ3v) is 6.60. The summed E-state index contributed by atoms with van der Waals surface area (Å²) in [5.41, 5.74) is 0.325. The van der Waals surface area contributed by atoms with E-state index in [1.165, 1.54) is 0 Å². The Hall–Kier alpha value is -2.72. The van der Waals surface area contributed by atoms with Crippen molar-refractivity contribution >= 4 is 35.0 Å². The van der Waals surface area contributed by atoms with Crippen LogP contribution in [0.3, 0.4) is 0 Å². The zero-order chi connectivity index (χ0) is 23.6. The topological polar surface area (TPSA) is 77.1 Å². The van der Waals surface area contributed by atoms with Crippen LogP contribution >= 0.6 is 23.4 Å². The lowest BCUT2D eigenvalue weighted by Gasteiger charge is -2.22. The number of carbonyl (C=O) groups excluding carboxylic acids is 1. The largest absolute Gasteiger partial charge is 0.467 e. The van der Waals surface area contributed by atoms with Gasteiger partial charge >= 0.3 is 11.9 Å². The number of alkyl halides is 3. The highest BCUT2D eigenvalue weighted by atomic mass is 35.5. The molecule has 0 saturated heterocycles. The SMILES string of the molecule is O=C(CSc1nc(=O)n(Cc2ccco2)c2c1CCCC2)Nc1cc(C(F)(F)F)ccc1Cl. The molecule has 0 aliphatic heterocycles. The quantitative estimate of drug-likeness (QED) is 0.376. The fraction of sp³-hybridized carbons (Fsp3) is 0.318. The fourth-order valence-corrected chi connectivity index (χ4v) is 4.75. The molecule has 0 radical (unpaired) electrons. The molecule has 11 heteroatoms. The van der Waals surface area contributed by atoms with Crippen LogP contribution in [0, 0.1) is 0 Å². The van der Waals surface area contributed by atoms with Crippen molar-refractivity contribution in [2.24, 2.45) is 0 Å². The maximum Gasteiger partial charge on any atom is 0.416 e. The van der Waals surface area contributed by atoms with E-state index >= 15 is 0 Å². The van der Waals surface area contributed by atoms with E-state index in [0.29, 0.717) is 17.2 Å². The zero-order valence-electron chi connectivity index (χ0n) is 17.2. The Morgan fingerprint density at radius 3 is 2.76 bits per heavy atom. The van der Waals surface area contributed by atoms with Gasteiger partial charge in [-0.25, -0.2) is 4.79 Å². The molecule has 2 aromatic heterocycles. The van der Waals surface area contributed by atoms with Crippen LogP contribution in [0.25, 0.3) is 0 Å². The number of hydrogen-bond donors (Lipinski definition) is 1. The van der Waals surface area contributed by atoms with Crippen LogP contribution in [0.2, 0.25) is 5.02 Å². The molecular formula is C22H19ClF3N3O3S. The maximum absolute atomic E-state index is 13.0. The molecule has 0 atom stereocenters. The van der Waals surface area contributed by atoms with Gasteiger partial charge in [0.2, 0.25) is 5.91 Å². The third-order valence-electron chi connectivity index (χ3n) is 5.25. The van der Waals surface area contributed by atoms with Crippen LogP contribution in [-0.4, -0.2) is 21.2 Å². The standard InChI is InChI=1S/C22H19ClF3N3O3S/c23-16-8-7-13(22(24,25)26)10-17(16)27-19(30)12-33-20-15-5-1-2-6-18(15)29(21(31)28-20)11-14-4-3-9-32-14/h3-4,7-10H,1-2,5-6,11-12H2,(H,27,30). The number of benzene rings is 1. The van der Waals surface area contributed by atoms with Crippen LogP contribution in [0.15, 0.2) is 50.8 Å². The maximum atomic E-state index is 13.0. The van der Waals surface area contributed by atoms with Crippen LogP contribution in [0.4, 0.5) is 18.9 Å². The van der Waals surface area contributed by atoms with Crippen LogP contribution < -0.4 is 11.0 Å². The van der Waals surface area contributed by atoms with E-state index in [1.54, 1.807) is 23.0 Å². The Morgan fingerprint density at radius 1 is 1.24 bits per heavy atom. The smallest absolute Gasteiger partial charge is 0.416 e. The highest BCUT2D eigenvalue weighted by molar-refractivity contribution is 8.00. The minimum Gasteiger partial charge on any atom is -0.467 e. The third kappa shape index (κ3) is 5.44. The van der Waals surface area contributed by atoms with Crippen molar-refractivity contribution in [1.29, 1.82) is 0 Å². The van der Waals surface area contributed by atoms with Crippen molar-refractivity contribution in [3.05, 3.63) is 74.7 Å². The van der Waals surface area contributed by atoms with Crippen molar-refractivity contribution in [3.8, 4) is 0 Å². The summed E-state index contributed by atoms with van der Waals surface area (Å²) in [4.78, 5) is 29.3. The number of furan rings is 1. The second-order valence-corrected chi connectivity index (χ2v) is 8.90. The van der Waals surface area contributed by atoms with E-state index < -0.39 is 23.3 Å². The Labute approximate surface area is 196 Å². The van der Waals surface area contributed by atoms with Gasteiger partial charge in [0.1, 0.15) is 10.8 Å². The van der Waals surface area contributed by atoms with Gasteiger partial charge in [0, 0.05) is 11.3 Å². The average Bonchev–Trinajstić information content (AvgIpc) is 3.28. The minimum atomic E-state index is -4.55. The van der Waals surface area contributed by atoms with Gasteiger partial charge in [-0.05, 0) is 56.0 Å². The number of rotatable bonds is 6. The average molecular weight is 498 g/mol. The van der Waals surface area contributed by atoms with E-state index in [4.69, 9.17) is 16.0 Å². The van der Waals surface area contributed by atoms with Crippen molar-refractivity contribution < 1.29 is 22.4 Å². The molecule has 174 valence electrons. The molecule has 3 aromatic rings. The summed E-state index contributed by atoms with van der Waals surface area (Å²) >= 11 is 7.03. The number of halogens is 4. The first-order valence-corrected chi connectivity index (χ1v) is 11.5. The first kappa shape index (κ1) is 23.4.